The molecule has 0 saturated carbocycles. The highest BCUT2D eigenvalue weighted by molar-refractivity contribution is 6.63. The van der Waals surface area contributed by atoms with Gasteiger partial charge in [-0.3, -0.25) is 4.79 Å². The number of carbonyl (C=O) groups is 1. The maximum atomic E-state index is 10.4. The molecule has 3 nitrogen and oxygen atoms in total. The summed E-state index contributed by atoms with van der Waals surface area (Å²) in [6, 6.07) is 0. The molecule has 0 N–H and O–H groups in total. The van der Waals surface area contributed by atoms with Crippen LogP contribution in [-0.2, 0) is 14.3 Å². The van der Waals surface area contributed by atoms with Gasteiger partial charge in [0.15, 0.2) is 6.29 Å². The van der Waals surface area contributed by atoms with E-state index in [1.54, 1.807) is 0 Å². The van der Waals surface area contributed by atoms with Gasteiger partial charge >= 0.3 is 0 Å². The smallest absolute Gasteiger partial charge is 0.226 e. The first-order chi connectivity index (χ1) is 5.20. The fourth-order valence-electron chi connectivity index (χ4n) is 0.669. The van der Waals surface area contributed by atoms with Crippen LogP contribution >= 0.6 is 11.6 Å². The number of ether oxygens (including phenoxy) is 2. The van der Waals surface area contributed by atoms with E-state index in [4.69, 9.17) is 21.1 Å². The third kappa shape index (κ3) is 6.28. The van der Waals surface area contributed by atoms with Crippen molar-refractivity contribution in [3.63, 3.8) is 0 Å². The van der Waals surface area contributed by atoms with Gasteiger partial charge in [0.05, 0.1) is 6.42 Å². The summed E-state index contributed by atoms with van der Waals surface area (Å²) in [7, 11) is 0. The lowest BCUT2D eigenvalue weighted by Gasteiger charge is -2.13. The molecule has 0 fully saturated rings. The van der Waals surface area contributed by atoms with Crippen LogP contribution in [0.1, 0.15) is 20.3 Å². The summed E-state index contributed by atoms with van der Waals surface area (Å²) in [5.41, 5.74) is 0. The molecule has 0 aliphatic rings. The Morgan fingerprint density at radius 1 is 1.36 bits per heavy atom. The average molecular weight is 181 g/mol. The predicted octanol–water partition coefficient (Wildman–Crippen LogP) is 1.54. The van der Waals surface area contributed by atoms with Gasteiger partial charge in [-0.25, -0.2) is 0 Å². The molecule has 0 heterocycles. The molecule has 0 aliphatic heterocycles. The Hall–Kier alpha value is -0.120. The summed E-state index contributed by atoms with van der Waals surface area (Å²) in [5.74, 6) is 0. The molecule has 0 atom stereocenters. The minimum Gasteiger partial charge on any atom is -0.352 e. The van der Waals surface area contributed by atoms with Crippen molar-refractivity contribution in [3.05, 3.63) is 0 Å². The van der Waals surface area contributed by atoms with Crippen LogP contribution in [0.25, 0.3) is 0 Å². The van der Waals surface area contributed by atoms with Gasteiger partial charge in [-0.05, 0) is 25.4 Å². The fraction of sp³-hybridized carbons (Fsp3) is 0.857. The van der Waals surface area contributed by atoms with E-state index in [-0.39, 0.29) is 6.42 Å². The van der Waals surface area contributed by atoms with E-state index in [0.29, 0.717) is 13.2 Å². The molecule has 0 aromatic carbocycles. The van der Waals surface area contributed by atoms with Gasteiger partial charge in [0.1, 0.15) is 0 Å². The molecule has 0 radical (unpaired) electrons. The Balaban J connectivity index is 3.59. The quantitative estimate of drug-likeness (QED) is 0.460. The fourth-order valence-corrected chi connectivity index (χ4v) is 0.795. The molecule has 0 unspecified atom stereocenters. The van der Waals surface area contributed by atoms with Crippen molar-refractivity contribution >= 4 is 16.8 Å². The van der Waals surface area contributed by atoms with Gasteiger partial charge in [0.25, 0.3) is 0 Å². The summed E-state index contributed by atoms with van der Waals surface area (Å²) >= 11 is 5.15. The Bertz CT molecular complexity index is 110. The van der Waals surface area contributed by atoms with E-state index in [0.717, 1.165) is 0 Å². The standard InChI is InChI=1S/C7H13ClO3/c1-3-10-7(11-4-2)5-6(8)9/h7H,3-5H2,1-2H3. The first-order valence-corrected chi connectivity index (χ1v) is 4.00. The van der Waals surface area contributed by atoms with Crippen LogP contribution < -0.4 is 0 Å². The van der Waals surface area contributed by atoms with Gasteiger partial charge < -0.3 is 9.47 Å². The Morgan fingerprint density at radius 2 is 1.82 bits per heavy atom. The number of hydrogen-bond acceptors (Lipinski definition) is 3. The highest BCUT2D eigenvalue weighted by atomic mass is 35.5. The molecule has 0 amide bonds. The van der Waals surface area contributed by atoms with E-state index in [1.807, 2.05) is 13.8 Å². The third-order valence-corrected chi connectivity index (χ3v) is 1.19. The molecule has 11 heavy (non-hydrogen) atoms. The first kappa shape index (κ1) is 10.9. The van der Waals surface area contributed by atoms with Crippen molar-refractivity contribution in [2.45, 2.75) is 26.6 Å². The maximum absolute atomic E-state index is 10.4. The van der Waals surface area contributed by atoms with Crippen LogP contribution in [0.2, 0.25) is 0 Å². The monoisotopic (exact) mass is 180 g/mol. The van der Waals surface area contributed by atoms with E-state index in [1.165, 1.54) is 0 Å². The second-order valence-corrected chi connectivity index (χ2v) is 2.32. The molecule has 0 aliphatic carbocycles. The number of rotatable bonds is 6. The van der Waals surface area contributed by atoms with Crippen molar-refractivity contribution in [1.29, 1.82) is 0 Å². The van der Waals surface area contributed by atoms with Gasteiger partial charge in [0, 0.05) is 13.2 Å². The molecular weight excluding hydrogens is 168 g/mol. The SMILES string of the molecule is CCOC(CC(=O)Cl)OCC. The topological polar surface area (TPSA) is 35.5 Å². The molecule has 0 aromatic rings. The summed E-state index contributed by atoms with van der Waals surface area (Å²) in [6.45, 7) is 4.72. The van der Waals surface area contributed by atoms with Crippen molar-refractivity contribution in [3.8, 4) is 0 Å². The third-order valence-electron chi connectivity index (χ3n) is 1.03. The van der Waals surface area contributed by atoms with Gasteiger partial charge in [0.2, 0.25) is 5.24 Å². The second-order valence-electron chi connectivity index (χ2n) is 1.90. The van der Waals surface area contributed by atoms with Gasteiger partial charge in [-0.1, -0.05) is 0 Å². The average Bonchev–Trinajstić information content (AvgIpc) is 1.87. The summed E-state index contributed by atoms with van der Waals surface area (Å²) in [5, 5.41) is -0.433. The van der Waals surface area contributed by atoms with Crippen LogP contribution in [0.3, 0.4) is 0 Å². The molecule has 0 saturated heterocycles. The summed E-state index contributed by atoms with van der Waals surface area (Å²) in [6.07, 6.45) is -0.363. The van der Waals surface area contributed by atoms with E-state index >= 15 is 0 Å². The Kier molecular flexibility index (Phi) is 6.51. The lowest BCUT2D eigenvalue weighted by atomic mass is 10.4. The highest BCUT2D eigenvalue weighted by Crippen LogP contribution is 2.03. The van der Waals surface area contributed by atoms with E-state index < -0.39 is 11.5 Å². The van der Waals surface area contributed by atoms with Crippen LogP contribution in [0.5, 0.6) is 0 Å². The van der Waals surface area contributed by atoms with Crippen molar-refractivity contribution in [2.24, 2.45) is 0 Å². The zero-order chi connectivity index (χ0) is 8.69. The summed E-state index contributed by atoms with van der Waals surface area (Å²) < 4.78 is 10.1. The lowest BCUT2D eigenvalue weighted by Crippen LogP contribution is -2.19. The predicted molar refractivity (Wildman–Crippen MR) is 42.5 cm³/mol. The molecule has 0 aromatic heterocycles. The normalized spacial score (nSPS) is 10.5. The summed E-state index contributed by atoms with van der Waals surface area (Å²) in [4.78, 5) is 10.4. The van der Waals surface area contributed by atoms with Crippen molar-refractivity contribution in [2.75, 3.05) is 13.2 Å². The minimum absolute atomic E-state index is 0.114. The van der Waals surface area contributed by atoms with E-state index in [2.05, 4.69) is 0 Å². The first-order valence-electron chi connectivity index (χ1n) is 3.62. The van der Waals surface area contributed by atoms with Crippen LogP contribution in [0.4, 0.5) is 0 Å². The molecule has 66 valence electrons. The zero-order valence-corrected chi connectivity index (χ0v) is 7.56. The molecule has 0 spiro atoms. The van der Waals surface area contributed by atoms with Crippen molar-refractivity contribution < 1.29 is 14.3 Å². The zero-order valence-electron chi connectivity index (χ0n) is 6.80. The van der Waals surface area contributed by atoms with Crippen molar-refractivity contribution in [1.82, 2.24) is 0 Å². The molecule has 4 heteroatoms. The molecule has 0 bridgehead atoms. The number of carbonyl (C=O) groups excluding carboxylic acids is 1. The minimum atomic E-state index is -0.477. The van der Waals surface area contributed by atoms with Gasteiger partial charge in [-0.15, -0.1) is 0 Å². The molecule has 0 rings (SSSR count). The maximum Gasteiger partial charge on any atom is 0.226 e. The highest BCUT2D eigenvalue weighted by Gasteiger charge is 2.11. The Labute approximate surface area is 71.6 Å². The van der Waals surface area contributed by atoms with Gasteiger partial charge in [-0.2, -0.15) is 0 Å². The lowest BCUT2D eigenvalue weighted by molar-refractivity contribution is -0.147. The van der Waals surface area contributed by atoms with Crippen LogP contribution in [0.15, 0.2) is 0 Å². The largest absolute Gasteiger partial charge is 0.352 e. The van der Waals surface area contributed by atoms with Crippen LogP contribution in [0, 0.1) is 0 Å². The Morgan fingerprint density at radius 3 is 2.09 bits per heavy atom. The molecular formula is C7H13ClO3. The number of halogens is 1. The van der Waals surface area contributed by atoms with E-state index in [9.17, 15) is 4.79 Å². The number of hydrogen-bond donors (Lipinski definition) is 0. The second kappa shape index (κ2) is 6.58. The van der Waals surface area contributed by atoms with Crippen LogP contribution in [-0.4, -0.2) is 24.7 Å².